The van der Waals surface area contributed by atoms with E-state index in [-0.39, 0.29) is 0 Å². The van der Waals surface area contributed by atoms with Gasteiger partial charge in [-0.1, -0.05) is 41.9 Å². The van der Waals surface area contributed by atoms with E-state index in [1.807, 2.05) is 0 Å². The molecule has 1 fully saturated rings. The lowest BCUT2D eigenvalue weighted by Crippen LogP contribution is -2.38. The van der Waals surface area contributed by atoms with Crippen LogP contribution in [0.25, 0.3) is 0 Å². The third-order valence-electron chi connectivity index (χ3n) is 4.41. The fourth-order valence-electron chi connectivity index (χ4n) is 3.13. The molecule has 0 spiro atoms. The van der Waals surface area contributed by atoms with Crippen LogP contribution in [0, 0.1) is 17.8 Å². The highest BCUT2D eigenvalue weighted by molar-refractivity contribution is 9.10. The van der Waals surface area contributed by atoms with Gasteiger partial charge >= 0.3 is 0 Å². The van der Waals surface area contributed by atoms with Crippen molar-refractivity contribution in [2.24, 2.45) is 23.5 Å². The van der Waals surface area contributed by atoms with Crippen LogP contribution >= 0.6 is 15.9 Å². The molecule has 100 valence electrons. The number of rotatable bonds is 3. The second-order valence-electron chi connectivity index (χ2n) is 6.08. The number of hydrogen-bond acceptors (Lipinski definition) is 1. The molecule has 1 nitrogen and oxygen atoms in total. The minimum Gasteiger partial charge on any atom is -0.327 e. The molecule has 0 radical (unpaired) electrons. The van der Waals surface area contributed by atoms with Gasteiger partial charge in [-0.3, -0.25) is 0 Å². The first-order chi connectivity index (χ1) is 8.56. The Morgan fingerprint density at radius 3 is 2.78 bits per heavy atom. The summed E-state index contributed by atoms with van der Waals surface area (Å²) in [6.45, 7) is 4.69. The molecule has 3 atom stereocenters. The topological polar surface area (TPSA) is 26.0 Å². The highest BCUT2D eigenvalue weighted by Crippen LogP contribution is 2.35. The Bertz CT molecular complexity index is 388. The molecule has 0 heterocycles. The molecular weight excluding hydrogens is 286 g/mol. The van der Waals surface area contributed by atoms with Gasteiger partial charge in [-0.2, -0.15) is 0 Å². The summed E-state index contributed by atoms with van der Waals surface area (Å²) in [5.41, 5.74) is 7.73. The first-order valence-corrected chi connectivity index (χ1v) is 7.85. The maximum atomic E-state index is 6.32. The van der Waals surface area contributed by atoms with Gasteiger partial charge in [0.15, 0.2) is 0 Å². The van der Waals surface area contributed by atoms with Crippen LogP contribution in [-0.4, -0.2) is 6.04 Å². The van der Waals surface area contributed by atoms with Gasteiger partial charge in [-0.05, 0) is 61.1 Å². The zero-order valence-electron chi connectivity index (χ0n) is 11.4. The molecule has 0 amide bonds. The summed E-state index contributed by atoms with van der Waals surface area (Å²) in [7, 11) is 0. The van der Waals surface area contributed by atoms with Gasteiger partial charge in [0.25, 0.3) is 0 Å². The molecule has 1 aliphatic rings. The predicted octanol–water partition coefficient (Wildman–Crippen LogP) is 4.39. The van der Waals surface area contributed by atoms with Crippen molar-refractivity contribution in [1.29, 1.82) is 0 Å². The van der Waals surface area contributed by atoms with Crippen LogP contribution in [0.2, 0.25) is 0 Å². The number of hydrogen-bond donors (Lipinski definition) is 1. The third kappa shape index (κ3) is 3.58. The summed E-state index contributed by atoms with van der Waals surface area (Å²) in [6.07, 6.45) is 4.94. The molecule has 3 unspecified atom stereocenters. The normalized spacial score (nSPS) is 28.6. The molecule has 2 N–H and O–H groups in total. The van der Waals surface area contributed by atoms with Crippen LogP contribution in [0.1, 0.15) is 38.7 Å². The fourth-order valence-corrected chi connectivity index (χ4v) is 3.58. The SMILES string of the molecule is CC(C)C1CCC(N)C(Cc2cccc(Br)c2)C1. The number of benzene rings is 1. The van der Waals surface area contributed by atoms with Gasteiger partial charge in [-0.15, -0.1) is 0 Å². The number of halogens is 1. The largest absolute Gasteiger partial charge is 0.327 e. The smallest absolute Gasteiger partial charge is 0.0177 e. The lowest BCUT2D eigenvalue weighted by molar-refractivity contribution is 0.189. The minimum atomic E-state index is 0.388. The van der Waals surface area contributed by atoms with Crippen LogP contribution in [0.3, 0.4) is 0 Å². The average Bonchev–Trinajstić information content (AvgIpc) is 2.31. The molecule has 0 aliphatic heterocycles. The second-order valence-corrected chi connectivity index (χ2v) is 6.99. The zero-order chi connectivity index (χ0) is 13.1. The molecule has 2 rings (SSSR count). The van der Waals surface area contributed by atoms with Gasteiger partial charge in [0.1, 0.15) is 0 Å². The van der Waals surface area contributed by atoms with Gasteiger partial charge in [0.2, 0.25) is 0 Å². The minimum absolute atomic E-state index is 0.388. The molecule has 1 aliphatic carbocycles. The summed E-state index contributed by atoms with van der Waals surface area (Å²) < 4.78 is 1.17. The van der Waals surface area contributed by atoms with Crippen molar-refractivity contribution >= 4 is 15.9 Å². The lowest BCUT2D eigenvalue weighted by atomic mass is 9.72. The van der Waals surface area contributed by atoms with E-state index in [2.05, 4.69) is 54.0 Å². The van der Waals surface area contributed by atoms with Crippen LogP contribution in [0.4, 0.5) is 0 Å². The Hall–Kier alpha value is -0.340. The third-order valence-corrected chi connectivity index (χ3v) is 4.90. The Kier molecular flexibility index (Phi) is 4.85. The van der Waals surface area contributed by atoms with Gasteiger partial charge in [-0.25, -0.2) is 0 Å². The highest BCUT2D eigenvalue weighted by Gasteiger charge is 2.29. The molecule has 1 aromatic carbocycles. The maximum absolute atomic E-state index is 6.32. The zero-order valence-corrected chi connectivity index (χ0v) is 13.0. The van der Waals surface area contributed by atoms with E-state index < -0.39 is 0 Å². The maximum Gasteiger partial charge on any atom is 0.0177 e. The summed E-state index contributed by atoms with van der Waals surface area (Å²) in [5, 5.41) is 0. The van der Waals surface area contributed by atoms with E-state index in [1.54, 1.807) is 0 Å². The Morgan fingerprint density at radius 1 is 1.33 bits per heavy atom. The molecule has 0 aromatic heterocycles. The first kappa shape index (κ1) is 14.1. The van der Waals surface area contributed by atoms with Crippen molar-refractivity contribution in [2.45, 2.75) is 45.6 Å². The van der Waals surface area contributed by atoms with Gasteiger partial charge < -0.3 is 5.73 Å². The van der Waals surface area contributed by atoms with E-state index >= 15 is 0 Å². The summed E-state index contributed by atoms with van der Waals surface area (Å²) >= 11 is 3.55. The quantitative estimate of drug-likeness (QED) is 0.880. The van der Waals surface area contributed by atoms with Crippen molar-refractivity contribution in [3.05, 3.63) is 34.3 Å². The average molecular weight is 310 g/mol. The Balaban J connectivity index is 2.02. The molecule has 0 bridgehead atoms. The second kappa shape index (κ2) is 6.21. The van der Waals surface area contributed by atoms with E-state index in [0.717, 1.165) is 18.3 Å². The molecule has 2 heteroatoms. The van der Waals surface area contributed by atoms with Gasteiger partial charge in [0.05, 0.1) is 0 Å². The van der Waals surface area contributed by atoms with Crippen LogP contribution < -0.4 is 5.73 Å². The highest BCUT2D eigenvalue weighted by atomic mass is 79.9. The Labute approximate surface area is 119 Å². The van der Waals surface area contributed by atoms with Crippen molar-refractivity contribution in [1.82, 2.24) is 0 Å². The standard InChI is InChI=1S/C16H24BrN/c1-11(2)13-6-7-16(18)14(10-13)8-12-4-3-5-15(17)9-12/h3-5,9,11,13-14,16H,6-8,10,18H2,1-2H3. The van der Waals surface area contributed by atoms with Crippen LogP contribution in [0.15, 0.2) is 28.7 Å². The number of nitrogens with two attached hydrogens (primary N) is 1. The van der Waals surface area contributed by atoms with E-state index in [4.69, 9.17) is 5.73 Å². The fraction of sp³-hybridized carbons (Fsp3) is 0.625. The summed E-state index contributed by atoms with van der Waals surface area (Å²) in [5.74, 6) is 2.31. The Morgan fingerprint density at radius 2 is 2.11 bits per heavy atom. The molecule has 0 saturated heterocycles. The molecule has 1 saturated carbocycles. The predicted molar refractivity (Wildman–Crippen MR) is 81.5 cm³/mol. The van der Waals surface area contributed by atoms with Crippen molar-refractivity contribution < 1.29 is 0 Å². The molecular formula is C16H24BrN. The first-order valence-electron chi connectivity index (χ1n) is 7.06. The van der Waals surface area contributed by atoms with E-state index in [9.17, 15) is 0 Å². The van der Waals surface area contributed by atoms with Crippen LogP contribution in [-0.2, 0) is 6.42 Å². The van der Waals surface area contributed by atoms with Crippen LogP contribution in [0.5, 0.6) is 0 Å². The monoisotopic (exact) mass is 309 g/mol. The van der Waals surface area contributed by atoms with Crippen molar-refractivity contribution in [3.63, 3.8) is 0 Å². The molecule has 18 heavy (non-hydrogen) atoms. The lowest BCUT2D eigenvalue weighted by Gasteiger charge is -2.36. The van der Waals surface area contributed by atoms with E-state index in [0.29, 0.717) is 12.0 Å². The van der Waals surface area contributed by atoms with Gasteiger partial charge in [0, 0.05) is 10.5 Å². The summed E-state index contributed by atoms with van der Waals surface area (Å²) in [6, 6.07) is 9.04. The van der Waals surface area contributed by atoms with Crippen molar-refractivity contribution in [3.8, 4) is 0 Å². The molecule has 1 aromatic rings. The van der Waals surface area contributed by atoms with E-state index in [1.165, 1.54) is 29.3 Å². The van der Waals surface area contributed by atoms with Crippen molar-refractivity contribution in [2.75, 3.05) is 0 Å². The summed E-state index contributed by atoms with van der Waals surface area (Å²) in [4.78, 5) is 0.